The Hall–Kier alpha value is -3.73. The summed E-state index contributed by atoms with van der Waals surface area (Å²) in [6, 6.07) is 22.1. The predicted molar refractivity (Wildman–Crippen MR) is 101 cm³/mol. The number of aromatic carboxylic acids is 1. The van der Waals surface area contributed by atoms with E-state index in [9.17, 15) is 14.3 Å². The van der Waals surface area contributed by atoms with Crippen LogP contribution in [0.1, 0.15) is 10.4 Å². The topological polar surface area (TPSA) is 59.4 Å². The molecule has 27 heavy (non-hydrogen) atoms. The summed E-state index contributed by atoms with van der Waals surface area (Å²) in [7, 11) is 0. The van der Waals surface area contributed by atoms with Gasteiger partial charge in [-0.2, -0.15) is 0 Å². The average Bonchev–Trinajstić information content (AvgIpc) is 2.69. The molecule has 0 aliphatic heterocycles. The lowest BCUT2D eigenvalue weighted by molar-refractivity contribution is 0.0699. The monoisotopic (exact) mass is 359 g/mol. The molecular weight excluding hydrogens is 345 g/mol. The van der Waals surface area contributed by atoms with Crippen LogP contribution in [0.25, 0.3) is 22.2 Å². The fraction of sp³-hybridized carbons (Fsp3) is 0. The van der Waals surface area contributed by atoms with Gasteiger partial charge in [0.25, 0.3) is 0 Å². The molecule has 0 atom stereocenters. The summed E-state index contributed by atoms with van der Waals surface area (Å²) < 4.78 is 19.9. The number of para-hydroxylation sites is 2. The van der Waals surface area contributed by atoms with Gasteiger partial charge in [-0.3, -0.25) is 0 Å². The van der Waals surface area contributed by atoms with Gasteiger partial charge in [0.05, 0.1) is 11.3 Å². The van der Waals surface area contributed by atoms with Gasteiger partial charge in [0.15, 0.2) is 0 Å². The van der Waals surface area contributed by atoms with E-state index in [1.54, 1.807) is 30.3 Å². The summed E-state index contributed by atoms with van der Waals surface area (Å²) >= 11 is 0. The highest BCUT2D eigenvalue weighted by Gasteiger charge is 2.15. The zero-order valence-corrected chi connectivity index (χ0v) is 14.1. The maximum Gasteiger partial charge on any atom is 0.336 e. The van der Waals surface area contributed by atoms with Gasteiger partial charge in [0.1, 0.15) is 22.8 Å². The highest BCUT2D eigenvalue weighted by atomic mass is 19.1. The van der Waals surface area contributed by atoms with Crippen molar-refractivity contribution < 1.29 is 19.0 Å². The lowest BCUT2D eigenvalue weighted by Gasteiger charge is -2.09. The molecule has 132 valence electrons. The smallest absolute Gasteiger partial charge is 0.336 e. The van der Waals surface area contributed by atoms with Crippen molar-refractivity contribution in [1.29, 1.82) is 0 Å². The zero-order valence-electron chi connectivity index (χ0n) is 14.1. The van der Waals surface area contributed by atoms with Crippen molar-refractivity contribution in [2.45, 2.75) is 0 Å². The molecule has 0 aliphatic carbocycles. The largest absolute Gasteiger partial charge is 0.478 e. The number of ether oxygens (including phenoxy) is 1. The molecule has 4 nitrogen and oxygen atoms in total. The number of rotatable bonds is 4. The van der Waals surface area contributed by atoms with Crippen LogP contribution in [0.5, 0.6) is 11.5 Å². The fourth-order valence-electron chi connectivity index (χ4n) is 2.86. The summed E-state index contributed by atoms with van der Waals surface area (Å²) in [6.45, 7) is 0. The predicted octanol–water partition coefficient (Wildman–Crippen LogP) is 5.53. The normalized spacial score (nSPS) is 10.7. The molecular formula is C22H14FNO3. The fourth-order valence-corrected chi connectivity index (χ4v) is 2.86. The van der Waals surface area contributed by atoms with Crippen molar-refractivity contribution in [3.8, 4) is 22.8 Å². The van der Waals surface area contributed by atoms with Crippen LogP contribution in [0.15, 0.2) is 78.9 Å². The maximum absolute atomic E-state index is 14.2. The molecule has 4 aromatic rings. The second-order valence-corrected chi connectivity index (χ2v) is 5.94. The van der Waals surface area contributed by atoms with Crippen LogP contribution in [0, 0.1) is 5.82 Å². The molecule has 0 amide bonds. The van der Waals surface area contributed by atoms with Crippen molar-refractivity contribution in [2.75, 3.05) is 0 Å². The molecule has 0 bridgehead atoms. The van der Waals surface area contributed by atoms with Gasteiger partial charge in [0.2, 0.25) is 0 Å². The van der Waals surface area contributed by atoms with E-state index in [2.05, 4.69) is 4.98 Å². The van der Waals surface area contributed by atoms with Gasteiger partial charge in [-0.05, 0) is 48.5 Å². The number of fused-ring (bicyclic) bond motifs is 1. The molecule has 0 fully saturated rings. The molecule has 1 N–H and O–H groups in total. The molecule has 0 aliphatic rings. The number of carboxylic acid groups (broad SMARTS) is 1. The standard InChI is InChI=1S/C22H14FNO3/c23-19-8-4-7-17-18(22(25)26)13-20(24-21(17)19)14-9-11-16(12-10-14)27-15-5-2-1-3-6-15/h1-13H,(H,25,26). The van der Waals surface area contributed by atoms with E-state index in [1.807, 2.05) is 30.3 Å². The first kappa shape index (κ1) is 16.7. The van der Waals surface area contributed by atoms with E-state index < -0.39 is 11.8 Å². The first-order chi connectivity index (χ1) is 13.1. The van der Waals surface area contributed by atoms with Gasteiger partial charge >= 0.3 is 5.97 Å². The Balaban J connectivity index is 1.74. The summed E-state index contributed by atoms with van der Waals surface area (Å²) in [5.41, 5.74) is 1.11. The van der Waals surface area contributed by atoms with Crippen LogP contribution in [0.3, 0.4) is 0 Å². The molecule has 5 heteroatoms. The van der Waals surface area contributed by atoms with Crippen LogP contribution in [-0.2, 0) is 0 Å². The zero-order chi connectivity index (χ0) is 18.8. The van der Waals surface area contributed by atoms with E-state index in [-0.39, 0.29) is 16.5 Å². The highest BCUT2D eigenvalue weighted by Crippen LogP contribution is 2.29. The van der Waals surface area contributed by atoms with E-state index in [0.29, 0.717) is 22.8 Å². The Labute approximate surface area is 154 Å². The lowest BCUT2D eigenvalue weighted by Crippen LogP contribution is -2.01. The number of benzene rings is 3. The Morgan fingerprint density at radius 3 is 2.30 bits per heavy atom. The van der Waals surface area contributed by atoms with Crippen LogP contribution in [0.4, 0.5) is 4.39 Å². The lowest BCUT2D eigenvalue weighted by atomic mass is 10.0. The molecule has 0 spiro atoms. The molecule has 0 saturated heterocycles. The Morgan fingerprint density at radius 1 is 0.889 bits per heavy atom. The molecule has 1 heterocycles. The molecule has 0 saturated carbocycles. The number of pyridine rings is 1. The number of carboxylic acids is 1. The second kappa shape index (κ2) is 6.88. The summed E-state index contributed by atoms with van der Waals surface area (Å²) in [6.07, 6.45) is 0. The molecule has 0 radical (unpaired) electrons. The van der Waals surface area contributed by atoms with E-state index >= 15 is 0 Å². The minimum atomic E-state index is -1.13. The van der Waals surface area contributed by atoms with E-state index in [4.69, 9.17) is 4.74 Å². The van der Waals surface area contributed by atoms with Crippen molar-refractivity contribution in [3.63, 3.8) is 0 Å². The third kappa shape index (κ3) is 3.35. The Bertz CT molecular complexity index is 1130. The number of hydrogen-bond acceptors (Lipinski definition) is 3. The first-order valence-corrected chi connectivity index (χ1v) is 8.28. The molecule has 1 aromatic heterocycles. The maximum atomic E-state index is 14.2. The van der Waals surface area contributed by atoms with E-state index in [1.165, 1.54) is 18.2 Å². The van der Waals surface area contributed by atoms with Gasteiger partial charge in [-0.15, -0.1) is 0 Å². The van der Waals surface area contributed by atoms with Crippen LogP contribution < -0.4 is 4.74 Å². The number of halogens is 1. The van der Waals surface area contributed by atoms with Gasteiger partial charge in [-0.25, -0.2) is 14.2 Å². The third-order valence-corrected chi connectivity index (χ3v) is 4.15. The van der Waals surface area contributed by atoms with Crippen molar-refractivity contribution in [2.24, 2.45) is 0 Å². The Kier molecular flexibility index (Phi) is 4.26. The van der Waals surface area contributed by atoms with Gasteiger partial charge < -0.3 is 9.84 Å². The SMILES string of the molecule is O=C(O)c1cc(-c2ccc(Oc3ccccc3)cc2)nc2c(F)cccc12. The minimum absolute atomic E-state index is 0.0131. The van der Waals surface area contributed by atoms with Crippen molar-refractivity contribution in [3.05, 3.63) is 90.2 Å². The van der Waals surface area contributed by atoms with E-state index in [0.717, 1.165) is 0 Å². The second-order valence-electron chi connectivity index (χ2n) is 5.94. The summed E-state index contributed by atoms with van der Waals surface area (Å²) in [4.78, 5) is 15.9. The quantitative estimate of drug-likeness (QED) is 0.520. The van der Waals surface area contributed by atoms with Crippen LogP contribution in [0.2, 0.25) is 0 Å². The Morgan fingerprint density at radius 2 is 1.59 bits per heavy atom. The summed E-state index contributed by atoms with van der Waals surface area (Å²) in [5.74, 6) is -0.334. The summed E-state index contributed by atoms with van der Waals surface area (Å²) in [5, 5.41) is 9.76. The minimum Gasteiger partial charge on any atom is -0.478 e. The van der Waals surface area contributed by atoms with Crippen LogP contribution in [-0.4, -0.2) is 16.1 Å². The van der Waals surface area contributed by atoms with Gasteiger partial charge in [0, 0.05) is 10.9 Å². The molecule has 0 unspecified atom stereocenters. The third-order valence-electron chi connectivity index (χ3n) is 4.15. The first-order valence-electron chi connectivity index (χ1n) is 8.28. The number of nitrogens with zero attached hydrogens (tertiary/aromatic N) is 1. The number of carbonyl (C=O) groups is 1. The number of hydrogen-bond donors (Lipinski definition) is 1. The highest BCUT2D eigenvalue weighted by molar-refractivity contribution is 6.03. The molecule has 4 rings (SSSR count). The number of aromatic nitrogens is 1. The van der Waals surface area contributed by atoms with Crippen molar-refractivity contribution >= 4 is 16.9 Å². The van der Waals surface area contributed by atoms with Gasteiger partial charge in [-0.1, -0.05) is 30.3 Å². The average molecular weight is 359 g/mol. The van der Waals surface area contributed by atoms with Crippen LogP contribution >= 0.6 is 0 Å². The van der Waals surface area contributed by atoms with Crippen molar-refractivity contribution in [1.82, 2.24) is 4.98 Å². The molecule has 3 aromatic carbocycles.